The predicted molar refractivity (Wildman–Crippen MR) is 53.5 cm³/mol. The largest absolute Gasteiger partial charge is 0.339 e. The minimum absolute atomic E-state index is 0.00653. The summed E-state index contributed by atoms with van der Waals surface area (Å²) in [6, 6.07) is -0.404. The summed E-state index contributed by atoms with van der Waals surface area (Å²) in [6.07, 6.45) is -0.516. The number of halogens is 1. The van der Waals surface area contributed by atoms with Gasteiger partial charge in [0.2, 0.25) is 5.91 Å². The fourth-order valence-electron chi connectivity index (χ4n) is 1.58. The highest BCUT2D eigenvalue weighted by Gasteiger charge is 2.33. The maximum Gasteiger partial charge on any atom is 0.228 e. The highest BCUT2D eigenvalue weighted by atomic mass is 19.1. The van der Waals surface area contributed by atoms with Crippen LogP contribution in [0.5, 0.6) is 0 Å². The fourth-order valence-corrected chi connectivity index (χ4v) is 1.58. The van der Waals surface area contributed by atoms with Gasteiger partial charge in [0.05, 0.1) is 6.54 Å². The first kappa shape index (κ1) is 11.4. The zero-order chi connectivity index (χ0) is 10.9. The van der Waals surface area contributed by atoms with E-state index in [0.29, 0.717) is 13.0 Å². The van der Waals surface area contributed by atoms with Crippen LogP contribution in [0.1, 0.15) is 27.2 Å². The monoisotopic (exact) mass is 202 g/mol. The molecule has 0 spiro atoms. The van der Waals surface area contributed by atoms with E-state index >= 15 is 0 Å². The third kappa shape index (κ3) is 2.44. The zero-order valence-corrected chi connectivity index (χ0v) is 9.09. The quantitative estimate of drug-likeness (QED) is 0.635. The van der Waals surface area contributed by atoms with E-state index in [1.807, 2.05) is 20.8 Å². The summed E-state index contributed by atoms with van der Waals surface area (Å²) in [7, 11) is 0. The first-order valence-electron chi connectivity index (χ1n) is 5.01. The van der Waals surface area contributed by atoms with Crippen molar-refractivity contribution in [3.05, 3.63) is 0 Å². The molecule has 4 heteroatoms. The first-order valence-corrected chi connectivity index (χ1v) is 5.01. The standard InChI is InChI=1S/C10H19FN2O/c1-10(2,3)9(14)13-5-4-8(12)7(11)6-13/h7-8H,4-6,12H2,1-3H3. The number of nitrogens with two attached hydrogens (primary N) is 1. The van der Waals surface area contributed by atoms with E-state index in [1.165, 1.54) is 0 Å². The summed E-state index contributed by atoms with van der Waals surface area (Å²) in [6.45, 7) is 6.26. The van der Waals surface area contributed by atoms with E-state index in [1.54, 1.807) is 4.90 Å². The van der Waals surface area contributed by atoms with E-state index in [4.69, 9.17) is 5.73 Å². The Balaban J connectivity index is 2.59. The number of likely N-dealkylation sites (tertiary alicyclic amines) is 1. The van der Waals surface area contributed by atoms with Crippen molar-refractivity contribution in [3.63, 3.8) is 0 Å². The molecule has 3 nitrogen and oxygen atoms in total. The lowest BCUT2D eigenvalue weighted by Crippen LogP contribution is -2.52. The molecular formula is C10H19FN2O. The maximum atomic E-state index is 13.3. The van der Waals surface area contributed by atoms with Gasteiger partial charge in [0, 0.05) is 18.0 Å². The van der Waals surface area contributed by atoms with Crippen molar-refractivity contribution in [2.45, 2.75) is 39.4 Å². The Morgan fingerprint density at radius 2 is 2.07 bits per heavy atom. The molecule has 2 atom stereocenters. The smallest absolute Gasteiger partial charge is 0.228 e. The minimum atomic E-state index is -1.07. The number of piperidine rings is 1. The van der Waals surface area contributed by atoms with Crippen LogP contribution in [-0.2, 0) is 4.79 Å². The fraction of sp³-hybridized carbons (Fsp3) is 0.900. The van der Waals surface area contributed by atoms with E-state index < -0.39 is 17.6 Å². The van der Waals surface area contributed by atoms with Gasteiger partial charge in [-0.05, 0) is 6.42 Å². The molecule has 1 aliphatic heterocycles. The molecule has 2 N–H and O–H groups in total. The minimum Gasteiger partial charge on any atom is -0.339 e. The van der Waals surface area contributed by atoms with Crippen molar-refractivity contribution in [2.24, 2.45) is 11.1 Å². The summed E-state index contributed by atoms with van der Waals surface area (Å²) in [5, 5.41) is 0. The molecule has 2 unspecified atom stereocenters. The molecule has 0 aromatic carbocycles. The molecule has 1 heterocycles. The van der Waals surface area contributed by atoms with Gasteiger partial charge in [0.15, 0.2) is 0 Å². The number of carbonyl (C=O) groups is 1. The molecule has 0 radical (unpaired) electrons. The average Bonchev–Trinajstić information content (AvgIpc) is 2.07. The topological polar surface area (TPSA) is 46.3 Å². The summed E-state index contributed by atoms with van der Waals surface area (Å²) in [5.41, 5.74) is 5.11. The molecule has 0 aromatic rings. The molecule has 14 heavy (non-hydrogen) atoms. The van der Waals surface area contributed by atoms with Crippen molar-refractivity contribution in [2.75, 3.05) is 13.1 Å². The van der Waals surface area contributed by atoms with Crippen molar-refractivity contribution in [1.82, 2.24) is 4.90 Å². The van der Waals surface area contributed by atoms with Crippen LogP contribution in [0.25, 0.3) is 0 Å². The maximum absolute atomic E-state index is 13.3. The molecule has 0 aliphatic carbocycles. The Bertz CT molecular complexity index is 225. The summed E-state index contributed by atoms with van der Waals surface area (Å²) >= 11 is 0. The lowest BCUT2D eigenvalue weighted by molar-refractivity contribution is -0.141. The van der Waals surface area contributed by atoms with Gasteiger partial charge in [-0.3, -0.25) is 4.79 Å². The number of nitrogens with zero attached hydrogens (tertiary/aromatic N) is 1. The second-order valence-corrected chi connectivity index (χ2v) is 4.97. The van der Waals surface area contributed by atoms with Crippen LogP contribution in [0, 0.1) is 5.41 Å². The Morgan fingerprint density at radius 1 is 1.50 bits per heavy atom. The predicted octanol–water partition coefficient (Wildman–Crippen LogP) is 0.930. The molecule has 1 aliphatic rings. The second kappa shape index (κ2) is 3.85. The molecule has 1 saturated heterocycles. The van der Waals surface area contributed by atoms with Crippen LogP contribution < -0.4 is 5.73 Å². The SMILES string of the molecule is CC(C)(C)C(=O)N1CCC(N)C(F)C1. The van der Waals surface area contributed by atoms with Crippen molar-refractivity contribution in [1.29, 1.82) is 0 Å². The number of amides is 1. The number of rotatable bonds is 0. The molecule has 82 valence electrons. The molecule has 1 amide bonds. The van der Waals surface area contributed by atoms with E-state index in [-0.39, 0.29) is 12.5 Å². The number of carbonyl (C=O) groups excluding carboxylic acids is 1. The molecule has 1 fully saturated rings. The Morgan fingerprint density at radius 3 is 2.50 bits per heavy atom. The van der Waals surface area contributed by atoms with Gasteiger partial charge in [0.25, 0.3) is 0 Å². The van der Waals surface area contributed by atoms with Gasteiger partial charge in [0.1, 0.15) is 6.17 Å². The molecule has 1 rings (SSSR count). The van der Waals surface area contributed by atoms with Crippen molar-refractivity contribution in [3.8, 4) is 0 Å². The normalized spacial score (nSPS) is 29.1. The van der Waals surface area contributed by atoms with E-state index in [9.17, 15) is 9.18 Å². The van der Waals surface area contributed by atoms with Crippen LogP contribution in [0.3, 0.4) is 0 Å². The van der Waals surface area contributed by atoms with Crippen LogP contribution in [0.2, 0.25) is 0 Å². The zero-order valence-electron chi connectivity index (χ0n) is 9.09. The lowest BCUT2D eigenvalue weighted by atomic mass is 9.93. The highest BCUT2D eigenvalue weighted by Crippen LogP contribution is 2.21. The van der Waals surface area contributed by atoms with Crippen molar-refractivity contribution < 1.29 is 9.18 Å². The highest BCUT2D eigenvalue weighted by molar-refractivity contribution is 5.81. The van der Waals surface area contributed by atoms with Gasteiger partial charge >= 0.3 is 0 Å². The number of hydrogen-bond donors (Lipinski definition) is 1. The van der Waals surface area contributed by atoms with Crippen molar-refractivity contribution >= 4 is 5.91 Å². The van der Waals surface area contributed by atoms with Crippen LogP contribution >= 0.6 is 0 Å². The molecule has 0 aromatic heterocycles. The second-order valence-electron chi connectivity index (χ2n) is 4.97. The van der Waals surface area contributed by atoms with Gasteiger partial charge in [-0.25, -0.2) is 4.39 Å². The molecular weight excluding hydrogens is 183 g/mol. The Hall–Kier alpha value is -0.640. The summed E-state index contributed by atoms with van der Waals surface area (Å²) in [5.74, 6) is 0.00653. The third-order valence-electron chi connectivity index (χ3n) is 2.52. The lowest BCUT2D eigenvalue weighted by Gasteiger charge is -2.36. The van der Waals surface area contributed by atoms with Gasteiger partial charge < -0.3 is 10.6 Å². The molecule has 0 bridgehead atoms. The number of alkyl halides is 1. The Kier molecular flexibility index (Phi) is 3.14. The van der Waals surface area contributed by atoms with Gasteiger partial charge in [-0.2, -0.15) is 0 Å². The van der Waals surface area contributed by atoms with Crippen LogP contribution in [-0.4, -0.2) is 36.1 Å². The molecule has 0 saturated carbocycles. The van der Waals surface area contributed by atoms with E-state index in [2.05, 4.69) is 0 Å². The third-order valence-corrected chi connectivity index (χ3v) is 2.52. The average molecular weight is 202 g/mol. The summed E-state index contributed by atoms with van der Waals surface area (Å²) < 4.78 is 13.3. The van der Waals surface area contributed by atoms with Gasteiger partial charge in [-0.15, -0.1) is 0 Å². The summed E-state index contributed by atoms with van der Waals surface area (Å²) in [4.78, 5) is 13.4. The van der Waals surface area contributed by atoms with Gasteiger partial charge in [-0.1, -0.05) is 20.8 Å². The van der Waals surface area contributed by atoms with E-state index in [0.717, 1.165) is 0 Å². The van der Waals surface area contributed by atoms with Crippen LogP contribution in [0.15, 0.2) is 0 Å². The van der Waals surface area contributed by atoms with Crippen LogP contribution in [0.4, 0.5) is 4.39 Å². The Labute approximate surface area is 84.4 Å². The first-order chi connectivity index (χ1) is 6.32. The number of hydrogen-bond acceptors (Lipinski definition) is 2.